The molecule has 0 aliphatic rings. The van der Waals surface area contributed by atoms with Crippen molar-refractivity contribution in [3.05, 3.63) is 12.7 Å². The molecule has 4 heteroatoms. The molecule has 0 aromatic rings. The Morgan fingerprint density at radius 3 is 1.80 bits per heavy atom. The van der Waals surface area contributed by atoms with Crippen molar-refractivity contribution < 1.29 is 19.8 Å². The quantitative estimate of drug-likeness (QED) is 0.563. The highest BCUT2D eigenvalue weighted by Crippen LogP contribution is 1.74. The molecule has 0 radical (unpaired) electrons. The van der Waals surface area contributed by atoms with Gasteiger partial charge in [-0.3, -0.25) is 9.59 Å². The summed E-state index contributed by atoms with van der Waals surface area (Å²) in [5, 5.41) is 15.3. The molecule has 0 heterocycles. The number of hydrogen-bond donors (Lipinski definition) is 2. The zero-order valence-electron chi connectivity index (χ0n) is 5.70. The van der Waals surface area contributed by atoms with E-state index in [2.05, 4.69) is 6.58 Å². The Morgan fingerprint density at radius 2 is 1.80 bits per heavy atom. The van der Waals surface area contributed by atoms with Crippen molar-refractivity contribution in [2.75, 3.05) is 0 Å². The van der Waals surface area contributed by atoms with Crippen LogP contribution >= 0.6 is 0 Å². The molecule has 10 heavy (non-hydrogen) atoms. The Morgan fingerprint density at radius 1 is 1.50 bits per heavy atom. The van der Waals surface area contributed by atoms with Gasteiger partial charge in [-0.2, -0.15) is 0 Å². The standard InChI is InChI=1S/C4H6O2.C2H4O2/c1-2-3-4(5)6;1-2(3)4/h2H,1,3H2,(H,5,6);1H3,(H,3,4). The first kappa shape index (κ1) is 11.5. The number of hydrogen-bond acceptors (Lipinski definition) is 2. The maximum atomic E-state index is 9.53. The van der Waals surface area contributed by atoms with Crippen molar-refractivity contribution in [2.24, 2.45) is 0 Å². The second-order valence-electron chi connectivity index (χ2n) is 1.41. The van der Waals surface area contributed by atoms with Gasteiger partial charge in [0.05, 0.1) is 6.42 Å². The molecular weight excluding hydrogens is 136 g/mol. The highest BCUT2D eigenvalue weighted by molar-refractivity contribution is 5.68. The Labute approximate surface area is 58.8 Å². The number of carboxylic acids is 2. The predicted molar refractivity (Wildman–Crippen MR) is 35.8 cm³/mol. The second kappa shape index (κ2) is 7.68. The van der Waals surface area contributed by atoms with Crippen LogP contribution in [0.3, 0.4) is 0 Å². The minimum atomic E-state index is -0.833. The summed E-state index contributed by atoms with van der Waals surface area (Å²) < 4.78 is 0. The molecule has 0 unspecified atom stereocenters. The molecule has 0 aromatic heterocycles. The van der Waals surface area contributed by atoms with Gasteiger partial charge in [-0.25, -0.2) is 0 Å². The zero-order chi connectivity index (χ0) is 8.57. The summed E-state index contributed by atoms with van der Waals surface area (Å²) in [6.45, 7) is 4.30. The zero-order valence-corrected chi connectivity index (χ0v) is 5.70. The SMILES string of the molecule is C=CCC(=O)O.CC(=O)O. The molecule has 0 saturated carbocycles. The van der Waals surface area contributed by atoms with Gasteiger partial charge in [0.2, 0.25) is 0 Å². The van der Waals surface area contributed by atoms with E-state index >= 15 is 0 Å². The van der Waals surface area contributed by atoms with Crippen molar-refractivity contribution in [1.29, 1.82) is 0 Å². The first-order chi connectivity index (χ1) is 4.50. The normalized spacial score (nSPS) is 6.90. The number of carbonyl (C=O) groups is 2. The molecule has 0 bridgehead atoms. The summed E-state index contributed by atoms with van der Waals surface area (Å²) >= 11 is 0. The maximum absolute atomic E-state index is 9.53. The van der Waals surface area contributed by atoms with Gasteiger partial charge in [0, 0.05) is 6.92 Å². The van der Waals surface area contributed by atoms with Crippen LogP contribution in [0.15, 0.2) is 12.7 Å². The lowest BCUT2D eigenvalue weighted by molar-refractivity contribution is -0.136. The van der Waals surface area contributed by atoms with Gasteiger partial charge in [0.25, 0.3) is 5.97 Å². The summed E-state index contributed by atoms with van der Waals surface area (Å²) in [5.41, 5.74) is 0. The van der Waals surface area contributed by atoms with Crippen LogP contribution in [0, 0.1) is 0 Å². The van der Waals surface area contributed by atoms with Crippen LogP contribution in [0.1, 0.15) is 13.3 Å². The summed E-state index contributed by atoms with van der Waals surface area (Å²) in [6, 6.07) is 0. The van der Waals surface area contributed by atoms with Crippen LogP contribution < -0.4 is 0 Å². The number of carboxylic acid groups (broad SMARTS) is 2. The Kier molecular flexibility index (Phi) is 8.81. The van der Waals surface area contributed by atoms with E-state index in [0.717, 1.165) is 6.92 Å². The molecule has 0 aliphatic carbocycles. The van der Waals surface area contributed by atoms with Gasteiger partial charge >= 0.3 is 5.97 Å². The van der Waals surface area contributed by atoms with Crippen LogP contribution in [0.5, 0.6) is 0 Å². The van der Waals surface area contributed by atoms with E-state index < -0.39 is 11.9 Å². The smallest absolute Gasteiger partial charge is 0.307 e. The van der Waals surface area contributed by atoms with Gasteiger partial charge < -0.3 is 10.2 Å². The van der Waals surface area contributed by atoms with Crippen molar-refractivity contribution in [1.82, 2.24) is 0 Å². The minimum Gasteiger partial charge on any atom is -0.481 e. The lowest BCUT2D eigenvalue weighted by Crippen LogP contribution is -1.88. The predicted octanol–water partition coefficient (Wildman–Crippen LogP) is 0.738. The maximum Gasteiger partial charge on any atom is 0.307 e. The van der Waals surface area contributed by atoms with Crippen LogP contribution in [-0.2, 0) is 9.59 Å². The van der Waals surface area contributed by atoms with Gasteiger partial charge in [-0.05, 0) is 0 Å². The third kappa shape index (κ3) is 76.4. The fourth-order valence-corrected chi connectivity index (χ4v) is 0.123. The monoisotopic (exact) mass is 146 g/mol. The Hall–Kier alpha value is -1.32. The van der Waals surface area contributed by atoms with E-state index in [1.54, 1.807) is 0 Å². The molecule has 0 saturated heterocycles. The Balaban J connectivity index is 0. The lowest BCUT2D eigenvalue weighted by Gasteiger charge is -1.75. The molecule has 58 valence electrons. The van der Waals surface area contributed by atoms with Gasteiger partial charge in [0.15, 0.2) is 0 Å². The number of aliphatic carboxylic acids is 2. The summed E-state index contributed by atoms with van der Waals surface area (Å²) in [6.07, 6.45) is 1.41. The van der Waals surface area contributed by atoms with Gasteiger partial charge in [-0.1, -0.05) is 6.08 Å². The summed E-state index contributed by atoms with van der Waals surface area (Å²) in [7, 11) is 0. The molecule has 0 amide bonds. The number of rotatable bonds is 2. The van der Waals surface area contributed by atoms with Crippen molar-refractivity contribution in [3.63, 3.8) is 0 Å². The Bertz CT molecular complexity index is 124. The topological polar surface area (TPSA) is 74.6 Å². The highest BCUT2D eigenvalue weighted by Gasteiger charge is 1.84. The van der Waals surface area contributed by atoms with Crippen LogP contribution in [0.25, 0.3) is 0 Å². The fourth-order valence-electron chi connectivity index (χ4n) is 0.123. The van der Waals surface area contributed by atoms with Crippen LogP contribution in [0.2, 0.25) is 0 Å². The third-order valence-electron chi connectivity index (χ3n) is 0.319. The van der Waals surface area contributed by atoms with E-state index in [4.69, 9.17) is 15.0 Å². The molecule has 0 atom stereocenters. The van der Waals surface area contributed by atoms with E-state index in [1.165, 1.54) is 6.08 Å². The van der Waals surface area contributed by atoms with E-state index in [-0.39, 0.29) is 6.42 Å². The molecule has 0 aliphatic heterocycles. The first-order valence-corrected chi connectivity index (χ1v) is 2.53. The molecule has 2 N–H and O–H groups in total. The van der Waals surface area contributed by atoms with E-state index in [0.29, 0.717) is 0 Å². The average molecular weight is 146 g/mol. The highest BCUT2D eigenvalue weighted by atomic mass is 16.4. The molecule has 4 nitrogen and oxygen atoms in total. The molecule has 0 spiro atoms. The average Bonchev–Trinajstić information content (AvgIpc) is 1.62. The van der Waals surface area contributed by atoms with Crippen molar-refractivity contribution in [2.45, 2.75) is 13.3 Å². The van der Waals surface area contributed by atoms with Gasteiger partial charge in [-0.15, -0.1) is 6.58 Å². The van der Waals surface area contributed by atoms with E-state index in [9.17, 15) is 4.79 Å². The van der Waals surface area contributed by atoms with Crippen molar-refractivity contribution >= 4 is 11.9 Å². The van der Waals surface area contributed by atoms with Crippen molar-refractivity contribution in [3.8, 4) is 0 Å². The van der Waals surface area contributed by atoms with Gasteiger partial charge in [0.1, 0.15) is 0 Å². The molecule has 0 fully saturated rings. The third-order valence-corrected chi connectivity index (χ3v) is 0.319. The lowest BCUT2D eigenvalue weighted by atomic mass is 10.4. The van der Waals surface area contributed by atoms with E-state index in [1.807, 2.05) is 0 Å². The second-order valence-corrected chi connectivity index (χ2v) is 1.41. The largest absolute Gasteiger partial charge is 0.481 e. The summed E-state index contributed by atoms with van der Waals surface area (Å²) in [5.74, 6) is -1.66. The first-order valence-electron chi connectivity index (χ1n) is 2.53. The summed E-state index contributed by atoms with van der Waals surface area (Å²) in [4.78, 5) is 18.5. The fraction of sp³-hybridized carbons (Fsp3) is 0.333. The molecular formula is C6H10O4. The molecule has 0 rings (SSSR count). The minimum absolute atomic E-state index is 0.0556. The van der Waals surface area contributed by atoms with Crippen LogP contribution in [-0.4, -0.2) is 22.2 Å². The van der Waals surface area contributed by atoms with Crippen LogP contribution in [0.4, 0.5) is 0 Å². The molecule has 0 aromatic carbocycles.